The summed E-state index contributed by atoms with van der Waals surface area (Å²) in [7, 11) is 0. The van der Waals surface area contributed by atoms with Crippen LogP contribution in [0.5, 0.6) is 5.75 Å². The number of aryl methyl sites for hydroxylation is 1. The van der Waals surface area contributed by atoms with Gasteiger partial charge in [0.05, 0.1) is 5.39 Å². The Morgan fingerprint density at radius 1 is 1.26 bits per heavy atom. The molecule has 3 rings (SSSR count). The van der Waals surface area contributed by atoms with Crippen LogP contribution < -0.4 is 10.4 Å². The van der Waals surface area contributed by atoms with E-state index in [1.165, 1.54) is 0 Å². The van der Waals surface area contributed by atoms with Crippen molar-refractivity contribution in [2.45, 2.75) is 32.8 Å². The average molecular weight is 256 g/mol. The summed E-state index contributed by atoms with van der Waals surface area (Å²) in [6.45, 7) is 6.03. The Bertz CT molecular complexity index is 735. The van der Waals surface area contributed by atoms with Crippen molar-refractivity contribution in [1.29, 1.82) is 0 Å². The average Bonchev–Trinajstić information content (AvgIpc) is 2.36. The van der Waals surface area contributed by atoms with Gasteiger partial charge in [0.15, 0.2) is 0 Å². The van der Waals surface area contributed by atoms with E-state index in [4.69, 9.17) is 9.15 Å². The van der Waals surface area contributed by atoms with Crippen LogP contribution in [0.4, 0.5) is 0 Å². The minimum absolute atomic E-state index is 0.345. The van der Waals surface area contributed by atoms with Gasteiger partial charge in [-0.05, 0) is 44.1 Å². The zero-order valence-corrected chi connectivity index (χ0v) is 11.3. The molecular formula is C16H16O3. The topological polar surface area (TPSA) is 39.4 Å². The molecule has 19 heavy (non-hydrogen) atoms. The van der Waals surface area contributed by atoms with Crippen molar-refractivity contribution in [3.63, 3.8) is 0 Å². The maximum absolute atomic E-state index is 12.0. The quantitative estimate of drug-likeness (QED) is 0.733. The fourth-order valence-corrected chi connectivity index (χ4v) is 2.43. The Morgan fingerprint density at radius 3 is 2.79 bits per heavy atom. The molecule has 2 heterocycles. The lowest BCUT2D eigenvalue weighted by atomic mass is 9.99. The largest absolute Gasteiger partial charge is 0.482 e. The third-order valence-corrected chi connectivity index (χ3v) is 3.40. The molecule has 1 aliphatic heterocycles. The van der Waals surface area contributed by atoms with E-state index in [9.17, 15) is 4.79 Å². The van der Waals surface area contributed by atoms with E-state index >= 15 is 0 Å². The molecule has 1 aromatic heterocycles. The maximum Gasteiger partial charge on any atom is 0.347 e. The second kappa shape index (κ2) is 3.98. The zero-order valence-electron chi connectivity index (χ0n) is 11.3. The zero-order chi connectivity index (χ0) is 13.6. The molecular weight excluding hydrogens is 240 g/mol. The van der Waals surface area contributed by atoms with Gasteiger partial charge in [-0.1, -0.05) is 19.1 Å². The Morgan fingerprint density at radius 2 is 2.05 bits per heavy atom. The van der Waals surface area contributed by atoms with Crippen LogP contribution in [0.3, 0.4) is 0 Å². The first-order chi connectivity index (χ1) is 9.02. The lowest BCUT2D eigenvalue weighted by Gasteiger charge is -2.28. The fraction of sp³-hybridized carbons (Fsp3) is 0.312. The highest BCUT2D eigenvalue weighted by Crippen LogP contribution is 2.37. The molecule has 0 radical (unpaired) electrons. The van der Waals surface area contributed by atoms with Gasteiger partial charge in [0.1, 0.15) is 22.5 Å². The Kier molecular flexibility index (Phi) is 2.52. The standard InChI is InChI=1S/C16H16O3/c1-4-10-6-5-7-12-13(10)14-11(15(17)18-12)8-9-16(2,3)19-14/h5-9H,4H2,1-3H3. The van der Waals surface area contributed by atoms with E-state index in [0.29, 0.717) is 16.9 Å². The van der Waals surface area contributed by atoms with Gasteiger partial charge in [0.25, 0.3) is 0 Å². The van der Waals surface area contributed by atoms with Crippen molar-refractivity contribution in [3.05, 3.63) is 45.8 Å². The molecule has 0 saturated heterocycles. The molecule has 2 aromatic rings. The van der Waals surface area contributed by atoms with Crippen molar-refractivity contribution in [3.8, 4) is 5.75 Å². The van der Waals surface area contributed by atoms with Crippen LogP contribution in [-0.4, -0.2) is 5.60 Å². The lowest BCUT2D eigenvalue weighted by Crippen LogP contribution is -2.29. The second-order valence-corrected chi connectivity index (χ2v) is 5.31. The minimum Gasteiger partial charge on any atom is -0.482 e. The maximum atomic E-state index is 12.0. The Labute approximate surface area is 111 Å². The predicted molar refractivity (Wildman–Crippen MR) is 75.6 cm³/mol. The van der Waals surface area contributed by atoms with E-state index < -0.39 is 5.60 Å². The molecule has 98 valence electrons. The summed E-state index contributed by atoms with van der Waals surface area (Å²) in [5, 5.41) is 0.914. The van der Waals surface area contributed by atoms with E-state index in [0.717, 1.165) is 17.4 Å². The monoisotopic (exact) mass is 256 g/mol. The summed E-state index contributed by atoms with van der Waals surface area (Å²) >= 11 is 0. The molecule has 3 heteroatoms. The van der Waals surface area contributed by atoms with Crippen LogP contribution in [0.2, 0.25) is 0 Å². The number of rotatable bonds is 1. The first-order valence-corrected chi connectivity index (χ1v) is 6.49. The van der Waals surface area contributed by atoms with Gasteiger partial charge in [-0.3, -0.25) is 0 Å². The van der Waals surface area contributed by atoms with Crippen LogP contribution in [-0.2, 0) is 6.42 Å². The number of ether oxygens (including phenoxy) is 1. The van der Waals surface area contributed by atoms with Crippen LogP contribution in [0.25, 0.3) is 17.0 Å². The fourth-order valence-electron chi connectivity index (χ4n) is 2.43. The number of hydrogen-bond donors (Lipinski definition) is 0. The minimum atomic E-state index is -0.408. The van der Waals surface area contributed by atoms with Crippen molar-refractivity contribution < 1.29 is 9.15 Å². The number of fused-ring (bicyclic) bond motifs is 3. The molecule has 3 nitrogen and oxygen atoms in total. The first kappa shape index (κ1) is 12.0. The summed E-state index contributed by atoms with van der Waals surface area (Å²) in [6, 6.07) is 5.75. The summed E-state index contributed by atoms with van der Waals surface area (Å²) < 4.78 is 11.4. The molecule has 0 saturated carbocycles. The molecule has 0 fully saturated rings. The summed E-state index contributed by atoms with van der Waals surface area (Å²) in [4.78, 5) is 12.0. The molecule has 0 aliphatic carbocycles. The Hall–Kier alpha value is -2.03. The highest BCUT2D eigenvalue weighted by molar-refractivity contribution is 5.90. The molecule has 0 amide bonds. The highest BCUT2D eigenvalue weighted by Gasteiger charge is 2.27. The van der Waals surface area contributed by atoms with Crippen LogP contribution >= 0.6 is 0 Å². The van der Waals surface area contributed by atoms with Gasteiger partial charge in [-0.25, -0.2) is 4.79 Å². The summed E-state index contributed by atoms with van der Waals surface area (Å²) in [5.74, 6) is 0.649. The molecule has 0 spiro atoms. The second-order valence-electron chi connectivity index (χ2n) is 5.31. The van der Waals surface area contributed by atoms with Crippen LogP contribution in [0.1, 0.15) is 31.9 Å². The predicted octanol–water partition coefficient (Wildman–Crippen LogP) is 3.54. The molecule has 1 aromatic carbocycles. The smallest absolute Gasteiger partial charge is 0.347 e. The van der Waals surface area contributed by atoms with Crippen molar-refractivity contribution in [2.75, 3.05) is 0 Å². The molecule has 1 aliphatic rings. The summed E-state index contributed by atoms with van der Waals surface area (Å²) in [5.41, 5.74) is 1.47. The number of hydrogen-bond acceptors (Lipinski definition) is 3. The Balaban J connectivity index is 2.44. The normalized spacial score (nSPS) is 16.2. The van der Waals surface area contributed by atoms with Crippen molar-refractivity contribution >= 4 is 17.0 Å². The van der Waals surface area contributed by atoms with Gasteiger partial charge in [-0.15, -0.1) is 0 Å². The third-order valence-electron chi connectivity index (χ3n) is 3.40. The van der Waals surface area contributed by atoms with E-state index in [2.05, 4.69) is 6.92 Å². The van der Waals surface area contributed by atoms with Crippen molar-refractivity contribution in [1.82, 2.24) is 0 Å². The highest BCUT2D eigenvalue weighted by atomic mass is 16.5. The van der Waals surface area contributed by atoms with Crippen LogP contribution in [0.15, 0.2) is 33.5 Å². The van der Waals surface area contributed by atoms with Gasteiger partial charge < -0.3 is 9.15 Å². The van der Waals surface area contributed by atoms with Gasteiger partial charge in [0, 0.05) is 0 Å². The number of benzene rings is 1. The lowest BCUT2D eigenvalue weighted by molar-refractivity contribution is 0.160. The van der Waals surface area contributed by atoms with E-state index in [1.807, 2.05) is 38.1 Å². The van der Waals surface area contributed by atoms with Gasteiger partial charge >= 0.3 is 5.63 Å². The van der Waals surface area contributed by atoms with Crippen molar-refractivity contribution in [2.24, 2.45) is 0 Å². The first-order valence-electron chi connectivity index (χ1n) is 6.49. The molecule has 0 unspecified atom stereocenters. The third kappa shape index (κ3) is 1.86. The van der Waals surface area contributed by atoms with Gasteiger partial charge in [-0.2, -0.15) is 0 Å². The van der Waals surface area contributed by atoms with E-state index in [1.54, 1.807) is 6.08 Å². The molecule has 0 bridgehead atoms. The van der Waals surface area contributed by atoms with E-state index in [-0.39, 0.29) is 5.63 Å². The molecule has 0 atom stereocenters. The molecule has 0 N–H and O–H groups in total. The summed E-state index contributed by atoms with van der Waals surface area (Å²) in [6.07, 6.45) is 4.55. The van der Waals surface area contributed by atoms with Crippen LogP contribution in [0, 0.1) is 0 Å². The SMILES string of the molecule is CCc1cccc2oc(=O)c3c(c12)OC(C)(C)C=C3. The van der Waals surface area contributed by atoms with Gasteiger partial charge in [0.2, 0.25) is 0 Å².